The molecule has 0 aliphatic rings. The molecule has 0 spiro atoms. The lowest BCUT2D eigenvalue weighted by Gasteiger charge is -2.03. The highest BCUT2D eigenvalue weighted by Gasteiger charge is 2.31. The monoisotopic (exact) mass is 262 g/mol. The molecule has 0 radical (unpaired) electrons. The number of aryl methyl sites for hydroxylation is 1. The van der Waals surface area contributed by atoms with Gasteiger partial charge in [-0.1, -0.05) is 34.6 Å². The van der Waals surface area contributed by atoms with Crippen molar-refractivity contribution in [3.8, 4) is 11.9 Å². The fourth-order valence-electron chi connectivity index (χ4n) is 2.42. The van der Waals surface area contributed by atoms with Gasteiger partial charge in [0.05, 0.1) is 0 Å². The van der Waals surface area contributed by atoms with Crippen LogP contribution in [0.3, 0.4) is 0 Å². The third-order valence-electron chi connectivity index (χ3n) is 3.48. The molecule has 19 heavy (non-hydrogen) atoms. The maximum Gasteiger partial charge on any atom is 0.632 e. The van der Waals surface area contributed by atoms with Crippen LogP contribution in [0.1, 0.15) is 33.1 Å². The summed E-state index contributed by atoms with van der Waals surface area (Å²) in [5.74, 6) is 0.127. The SMILES string of the molecule is CCCCC[n+]1c(O)[n+](CC)c(O)c2ccccc21. The lowest BCUT2D eigenvalue weighted by molar-refractivity contribution is -0.820. The van der Waals surface area contributed by atoms with E-state index in [9.17, 15) is 10.2 Å². The molecule has 102 valence electrons. The molecule has 2 rings (SSSR count). The minimum absolute atomic E-state index is 0.120. The molecule has 0 saturated carbocycles. The van der Waals surface area contributed by atoms with E-state index >= 15 is 0 Å². The fraction of sp³-hybridized carbons (Fsp3) is 0.467. The number of unbranched alkanes of at least 4 members (excludes halogenated alkanes) is 2. The summed E-state index contributed by atoms with van der Waals surface area (Å²) in [6.45, 7) is 5.37. The molecule has 0 atom stereocenters. The average molecular weight is 262 g/mol. The van der Waals surface area contributed by atoms with Gasteiger partial charge in [-0.3, -0.25) is 0 Å². The zero-order chi connectivity index (χ0) is 13.8. The molecule has 0 amide bonds. The number of hydrogen-bond acceptors (Lipinski definition) is 2. The van der Waals surface area contributed by atoms with Gasteiger partial charge in [-0.25, -0.2) is 0 Å². The molecular weight excluding hydrogens is 240 g/mol. The summed E-state index contributed by atoms with van der Waals surface area (Å²) in [5.41, 5.74) is 0.873. The zero-order valence-corrected chi connectivity index (χ0v) is 11.6. The molecule has 0 aliphatic carbocycles. The van der Waals surface area contributed by atoms with Crippen molar-refractivity contribution < 1.29 is 19.3 Å². The molecule has 1 aromatic heterocycles. The summed E-state index contributed by atoms with van der Waals surface area (Å²) in [4.78, 5) is 0. The Morgan fingerprint density at radius 1 is 1.00 bits per heavy atom. The maximum atomic E-state index is 10.3. The van der Waals surface area contributed by atoms with Gasteiger partial charge in [-0.2, -0.15) is 0 Å². The van der Waals surface area contributed by atoms with E-state index in [-0.39, 0.29) is 11.9 Å². The van der Waals surface area contributed by atoms with Gasteiger partial charge in [0.1, 0.15) is 0 Å². The largest absolute Gasteiger partial charge is 0.632 e. The minimum atomic E-state index is 0.120. The first-order valence-corrected chi connectivity index (χ1v) is 6.97. The van der Waals surface area contributed by atoms with Crippen molar-refractivity contribution >= 4 is 10.9 Å². The predicted molar refractivity (Wildman–Crippen MR) is 72.9 cm³/mol. The lowest BCUT2D eigenvalue weighted by Crippen LogP contribution is -2.47. The molecule has 0 saturated heterocycles. The molecular formula is C15H22N2O2+2. The molecule has 0 bridgehead atoms. The van der Waals surface area contributed by atoms with Crippen LogP contribution in [-0.2, 0) is 13.1 Å². The number of benzene rings is 1. The molecule has 0 fully saturated rings. The van der Waals surface area contributed by atoms with Crippen molar-refractivity contribution in [1.82, 2.24) is 0 Å². The Labute approximate surface area is 113 Å². The number of aromatic nitrogens is 2. The summed E-state index contributed by atoms with van der Waals surface area (Å²) in [6, 6.07) is 7.76. The predicted octanol–water partition coefficient (Wildman–Crippen LogP) is 2.04. The molecule has 0 aliphatic heterocycles. The Morgan fingerprint density at radius 2 is 1.74 bits per heavy atom. The van der Waals surface area contributed by atoms with E-state index < -0.39 is 0 Å². The highest BCUT2D eigenvalue weighted by Crippen LogP contribution is 2.20. The molecule has 1 aromatic carbocycles. The maximum absolute atomic E-state index is 10.3. The number of aromatic hydroxyl groups is 2. The van der Waals surface area contributed by atoms with Crippen LogP contribution >= 0.6 is 0 Å². The standard InChI is InChI=1S/C15H20N2O2/c1-3-5-8-11-17-13-10-7-6-9-12(13)14(18)16(4-2)15(17)19/h6-7,9-10H,3-5,8,11H2,1-2H3/p+2. The zero-order valence-electron chi connectivity index (χ0n) is 11.6. The summed E-state index contributed by atoms with van der Waals surface area (Å²) < 4.78 is 3.42. The van der Waals surface area contributed by atoms with E-state index in [1.807, 2.05) is 35.8 Å². The van der Waals surface area contributed by atoms with Gasteiger partial charge in [0.15, 0.2) is 18.5 Å². The van der Waals surface area contributed by atoms with E-state index in [0.717, 1.165) is 36.7 Å². The van der Waals surface area contributed by atoms with Crippen LogP contribution in [0.4, 0.5) is 0 Å². The molecule has 2 N–H and O–H groups in total. The van der Waals surface area contributed by atoms with E-state index in [1.54, 1.807) is 0 Å². The molecule has 1 heterocycles. The molecule has 0 unspecified atom stereocenters. The summed E-state index contributed by atoms with van der Waals surface area (Å²) >= 11 is 0. The van der Waals surface area contributed by atoms with Crippen molar-refractivity contribution in [1.29, 1.82) is 0 Å². The van der Waals surface area contributed by atoms with Gasteiger partial charge in [-0.05, 0) is 19.4 Å². The van der Waals surface area contributed by atoms with Crippen LogP contribution in [-0.4, -0.2) is 10.2 Å². The van der Waals surface area contributed by atoms with Gasteiger partial charge in [0, 0.05) is 12.5 Å². The van der Waals surface area contributed by atoms with E-state index in [0.29, 0.717) is 6.54 Å². The van der Waals surface area contributed by atoms with Crippen molar-refractivity contribution in [2.45, 2.75) is 46.2 Å². The highest BCUT2D eigenvalue weighted by atomic mass is 16.3. The number of nitrogens with zero attached hydrogens (tertiary/aromatic N) is 2. The summed E-state index contributed by atoms with van der Waals surface area (Å²) in [5, 5.41) is 21.3. The quantitative estimate of drug-likeness (QED) is 0.640. The number of fused-ring (bicyclic) bond motifs is 1. The van der Waals surface area contributed by atoms with Crippen LogP contribution in [0.25, 0.3) is 10.9 Å². The fourth-order valence-corrected chi connectivity index (χ4v) is 2.42. The van der Waals surface area contributed by atoms with Gasteiger partial charge in [0.2, 0.25) is 5.52 Å². The van der Waals surface area contributed by atoms with E-state index in [2.05, 4.69) is 6.92 Å². The smallest absolute Gasteiger partial charge is 0.459 e. The second kappa shape index (κ2) is 5.87. The summed E-state index contributed by atoms with van der Waals surface area (Å²) in [7, 11) is 0. The first-order valence-electron chi connectivity index (χ1n) is 6.97. The van der Waals surface area contributed by atoms with Crippen molar-refractivity contribution in [3.05, 3.63) is 24.3 Å². The Bertz CT molecular complexity index is 582. The number of para-hydroxylation sites is 1. The number of hydrogen-bond donors (Lipinski definition) is 2. The average Bonchev–Trinajstić information content (AvgIpc) is 2.43. The second-order valence-corrected chi connectivity index (χ2v) is 4.74. The molecule has 4 heteroatoms. The Balaban J connectivity index is 2.59. The van der Waals surface area contributed by atoms with Crippen molar-refractivity contribution in [2.75, 3.05) is 0 Å². The number of rotatable bonds is 5. The highest BCUT2D eigenvalue weighted by molar-refractivity contribution is 5.79. The second-order valence-electron chi connectivity index (χ2n) is 4.74. The Kier molecular flexibility index (Phi) is 4.20. The van der Waals surface area contributed by atoms with Gasteiger partial charge in [0.25, 0.3) is 0 Å². The molecule has 4 nitrogen and oxygen atoms in total. The third-order valence-corrected chi connectivity index (χ3v) is 3.48. The van der Waals surface area contributed by atoms with Gasteiger partial charge in [-0.15, -0.1) is 0 Å². The van der Waals surface area contributed by atoms with E-state index in [4.69, 9.17) is 0 Å². The van der Waals surface area contributed by atoms with Crippen molar-refractivity contribution in [2.24, 2.45) is 0 Å². The third kappa shape index (κ3) is 2.48. The Hall–Kier alpha value is -1.84. The normalized spacial score (nSPS) is 11.1. The van der Waals surface area contributed by atoms with Crippen LogP contribution in [0.2, 0.25) is 0 Å². The van der Waals surface area contributed by atoms with Gasteiger partial charge < -0.3 is 10.2 Å². The summed E-state index contributed by atoms with van der Waals surface area (Å²) in [6.07, 6.45) is 3.30. The van der Waals surface area contributed by atoms with Crippen LogP contribution < -0.4 is 9.13 Å². The molecule has 2 aromatic rings. The van der Waals surface area contributed by atoms with Crippen molar-refractivity contribution in [3.63, 3.8) is 0 Å². The van der Waals surface area contributed by atoms with Crippen LogP contribution in [0, 0.1) is 0 Å². The van der Waals surface area contributed by atoms with Crippen LogP contribution in [0.15, 0.2) is 24.3 Å². The minimum Gasteiger partial charge on any atom is -0.459 e. The topological polar surface area (TPSA) is 48.2 Å². The first kappa shape index (κ1) is 13.6. The lowest BCUT2D eigenvalue weighted by atomic mass is 10.2. The Morgan fingerprint density at radius 3 is 2.42 bits per heavy atom. The van der Waals surface area contributed by atoms with E-state index in [1.165, 1.54) is 4.57 Å². The van der Waals surface area contributed by atoms with Gasteiger partial charge >= 0.3 is 11.9 Å². The van der Waals surface area contributed by atoms with Crippen LogP contribution in [0.5, 0.6) is 11.9 Å². The first-order chi connectivity index (χ1) is 9.20.